The number of aromatic nitrogens is 1. The van der Waals surface area contributed by atoms with Crippen LogP contribution < -0.4 is 0 Å². The molecule has 27 heavy (non-hydrogen) atoms. The van der Waals surface area contributed by atoms with E-state index in [-0.39, 0.29) is 5.91 Å². The Morgan fingerprint density at radius 1 is 1.11 bits per heavy atom. The second-order valence-electron chi connectivity index (χ2n) is 6.90. The van der Waals surface area contributed by atoms with Crippen LogP contribution in [0, 0.1) is 0 Å². The van der Waals surface area contributed by atoms with Gasteiger partial charge >= 0.3 is 0 Å². The minimum atomic E-state index is -0.513. The summed E-state index contributed by atoms with van der Waals surface area (Å²) in [7, 11) is 0. The quantitative estimate of drug-likeness (QED) is 0.700. The summed E-state index contributed by atoms with van der Waals surface area (Å²) in [6.45, 7) is 2.42. The lowest BCUT2D eigenvalue weighted by atomic mass is 9.97. The predicted octanol–water partition coefficient (Wildman–Crippen LogP) is 2.79. The van der Waals surface area contributed by atoms with Gasteiger partial charge in [0.15, 0.2) is 6.10 Å². The van der Waals surface area contributed by atoms with Gasteiger partial charge in [0, 0.05) is 24.1 Å². The average molecular weight is 364 g/mol. The van der Waals surface area contributed by atoms with Gasteiger partial charge in [0.25, 0.3) is 5.91 Å². The molecular formula is C21H20N2O4. The monoisotopic (exact) mass is 364 g/mol. The normalized spacial score (nSPS) is 19.9. The first-order chi connectivity index (χ1) is 13.3. The van der Waals surface area contributed by atoms with Crippen LogP contribution in [0.25, 0.3) is 22.0 Å². The predicted molar refractivity (Wildman–Crippen MR) is 99.1 cm³/mol. The fourth-order valence-electron chi connectivity index (χ4n) is 3.87. The van der Waals surface area contributed by atoms with E-state index in [1.54, 1.807) is 0 Å². The highest BCUT2D eigenvalue weighted by molar-refractivity contribution is 5.96. The third-order valence-corrected chi connectivity index (χ3v) is 5.28. The summed E-state index contributed by atoms with van der Waals surface area (Å²) in [5.74, 6) is 0.841. The number of carbonyl (C=O) groups is 1. The maximum atomic E-state index is 12.8. The highest BCUT2D eigenvalue weighted by Crippen LogP contribution is 2.34. The second kappa shape index (κ2) is 6.79. The van der Waals surface area contributed by atoms with Crippen LogP contribution in [0.5, 0.6) is 0 Å². The molecule has 2 aromatic carbocycles. The number of hydrogen-bond acceptors (Lipinski definition) is 5. The first-order valence-corrected chi connectivity index (χ1v) is 9.25. The maximum absolute atomic E-state index is 12.8. The summed E-state index contributed by atoms with van der Waals surface area (Å²) >= 11 is 0. The van der Waals surface area contributed by atoms with Gasteiger partial charge in [-0.3, -0.25) is 4.79 Å². The van der Waals surface area contributed by atoms with E-state index >= 15 is 0 Å². The van der Waals surface area contributed by atoms with E-state index in [1.807, 2.05) is 23.1 Å². The van der Waals surface area contributed by atoms with Gasteiger partial charge in [-0.05, 0) is 10.8 Å². The van der Waals surface area contributed by atoms with Crippen LogP contribution in [0.3, 0.4) is 0 Å². The van der Waals surface area contributed by atoms with E-state index in [1.165, 1.54) is 0 Å². The molecule has 6 heteroatoms. The fraction of sp³-hybridized carbons (Fsp3) is 0.333. The Morgan fingerprint density at radius 3 is 2.89 bits per heavy atom. The zero-order valence-electron chi connectivity index (χ0n) is 14.9. The topological polar surface area (TPSA) is 64.8 Å². The SMILES string of the molecule is O=C([C@H]1COCCO1)N1CCc2onc(-c3cccc4ccccc34)c2C1. The average Bonchev–Trinajstić information content (AvgIpc) is 3.16. The van der Waals surface area contributed by atoms with E-state index < -0.39 is 6.10 Å². The molecule has 1 fully saturated rings. The Kier molecular flexibility index (Phi) is 4.14. The Balaban J connectivity index is 1.48. The lowest BCUT2D eigenvalue weighted by Gasteiger charge is -2.31. The molecule has 0 bridgehead atoms. The molecule has 3 aromatic rings. The van der Waals surface area contributed by atoms with E-state index in [2.05, 4.69) is 29.4 Å². The van der Waals surface area contributed by atoms with Crippen LogP contribution in [0.1, 0.15) is 11.3 Å². The van der Waals surface area contributed by atoms with Crippen molar-refractivity contribution < 1.29 is 18.8 Å². The first kappa shape index (κ1) is 16.5. The van der Waals surface area contributed by atoms with Crippen LogP contribution >= 0.6 is 0 Å². The summed E-state index contributed by atoms with van der Waals surface area (Å²) in [5.41, 5.74) is 2.84. The number of hydrogen-bond donors (Lipinski definition) is 0. The van der Waals surface area contributed by atoms with Crippen molar-refractivity contribution in [3.63, 3.8) is 0 Å². The molecule has 1 saturated heterocycles. The highest BCUT2D eigenvalue weighted by Gasteiger charge is 2.33. The number of benzene rings is 2. The Labute approximate surface area is 156 Å². The van der Waals surface area contributed by atoms with Gasteiger partial charge in [0.2, 0.25) is 0 Å². The van der Waals surface area contributed by atoms with Gasteiger partial charge in [-0.25, -0.2) is 0 Å². The van der Waals surface area contributed by atoms with Crippen LogP contribution in [-0.4, -0.2) is 48.4 Å². The molecular weight excluding hydrogens is 344 g/mol. The van der Waals surface area contributed by atoms with Gasteiger partial charge in [-0.1, -0.05) is 47.6 Å². The Morgan fingerprint density at radius 2 is 2.00 bits per heavy atom. The van der Waals surface area contributed by atoms with Crippen LogP contribution in [0.2, 0.25) is 0 Å². The van der Waals surface area contributed by atoms with Crippen LogP contribution in [0.15, 0.2) is 47.0 Å². The van der Waals surface area contributed by atoms with E-state index in [0.717, 1.165) is 33.4 Å². The molecule has 0 radical (unpaired) electrons. The zero-order valence-corrected chi connectivity index (χ0v) is 14.9. The first-order valence-electron chi connectivity index (χ1n) is 9.25. The standard InChI is InChI=1S/C21H20N2O4/c24-21(19-13-25-10-11-26-19)23-9-8-18-17(12-23)20(22-27-18)16-7-3-5-14-4-1-2-6-15(14)16/h1-7,19H,8-13H2/t19-/m1/s1. The molecule has 2 aliphatic rings. The van der Waals surface area contributed by atoms with Crippen molar-refractivity contribution in [3.05, 3.63) is 53.8 Å². The van der Waals surface area contributed by atoms with E-state index in [0.29, 0.717) is 39.3 Å². The maximum Gasteiger partial charge on any atom is 0.254 e. The van der Waals surface area contributed by atoms with Crippen molar-refractivity contribution in [3.8, 4) is 11.3 Å². The van der Waals surface area contributed by atoms with Crippen LogP contribution in [0.4, 0.5) is 0 Å². The van der Waals surface area contributed by atoms with Gasteiger partial charge in [-0.2, -0.15) is 0 Å². The highest BCUT2D eigenvalue weighted by atomic mass is 16.6. The molecule has 2 aliphatic heterocycles. The van der Waals surface area contributed by atoms with Gasteiger partial charge < -0.3 is 18.9 Å². The van der Waals surface area contributed by atoms with Gasteiger partial charge in [0.1, 0.15) is 11.5 Å². The number of fused-ring (bicyclic) bond motifs is 2. The van der Waals surface area contributed by atoms with Crippen molar-refractivity contribution >= 4 is 16.7 Å². The summed E-state index contributed by atoms with van der Waals surface area (Å²) in [5, 5.41) is 6.64. The lowest BCUT2D eigenvalue weighted by molar-refractivity contribution is -0.158. The summed E-state index contributed by atoms with van der Waals surface area (Å²) in [4.78, 5) is 14.6. The van der Waals surface area contributed by atoms with Crippen molar-refractivity contribution in [2.45, 2.75) is 19.1 Å². The van der Waals surface area contributed by atoms with Gasteiger partial charge in [0.05, 0.1) is 26.4 Å². The molecule has 3 heterocycles. The molecule has 0 saturated carbocycles. The number of rotatable bonds is 2. The summed E-state index contributed by atoms with van der Waals surface area (Å²) in [6.07, 6.45) is 0.146. The number of amides is 1. The molecule has 0 aliphatic carbocycles. The van der Waals surface area contributed by atoms with Crippen LogP contribution in [-0.2, 0) is 27.2 Å². The smallest absolute Gasteiger partial charge is 0.254 e. The molecule has 1 atom stereocenters. The molecule has 5 rings (SSSR count). The third kappa shape index (κ3) is 2.91. The molecule has 0 unspecified atom stereocenters. The zero-order chi connectivity index (χ0) is 18.2. The van der Waals surface area contributed by atoms with Crippen molar-refractivity contribution in [1.29, 1.82) is 0 Å². The molecule has 138 valence electrons. The lowest BCUT2D eigenvalue weighted by Crippen LogP contribution is -2.46. The third-order valence-electron chi connectivity index (χ3n) is 5.28. The number of nitrogens with zero attached hydrogens (tertiary/aromatic N) is 2. The Hall–Kier alpha value is -2.70. The fourth-order valence-corrected chi connectivity index (χ4v) is 3.87. The minimum Gasteiger partial charge on any atom is -0.376 e. The number of carbonyl (C=O) groups excluding carboxylic acids is 1. The minimum absolute atomic E-state index is 0.0228. The number of ether oxygens (including phenoxy) is 2. The Bertz CT molecular complexity index is 986. The van der Waals surface area contributed by atoms with E-state index in [9.17, 15) is 4.79 Å². The molecule has 1 amide bonds. The van der Waals surface area contributed by atoms with Crippen molar-refractivity contribution in [2.75, 3.05) is 26.4 Å². The molecule has 1 aromatic heterocycles. The molecule has 0 N–H and O–H groups in total. The van der Waals surface area contributed by atoms with Crippen molar-refractivity contribution in [2.24, 2.45) is 0 Å². The van der Waals surface area contributed by atoms with Crippen molar-refractivity contribution in [1.82, 2.24) is 10.1 Å². The summed E-state index contributed by atoms with van der Waals surface area (Å²) < 4.78 is 16.6. The molecule has 0 spiro atoms. The largest absolute Gasteiger partial charge is 0.376 e. The van der Waals surface area contributed by atoms with E-state index in [4.69, 9.17) is 14.0 Å². The van der Waals surface area contributed by atoms with Gasteiger partial charge in [-0.15, -0.1) is 0 Å². The summed E-state index contributed by atoms with van der Waals surface area (Å²) in [6, 6.07) is 14.4. The second-order valence-corrected chi connectivity index (χ2v) is 6.90. The molecule has 6 nitrogen and oxygen atoms in total.